The van der Waals surface area contributed by atoms with Gasteiger partial charge in [-0.05, 0) is 30.2 Å². The number of likely N-dealkylation sites (tertiary alicyclic amines) is 1. The number of hydrogen-bond acceptors (Lipinski definition) is 5. The smallest absolute Gasteiger partial charge is 0.244 e. The fraction of sp³-hybridized carbons (Fsp3) is 0.800. The van der Waals surface area contributed by atoms with Crippen molar-refractivity contribution in [2.45, 2.75) is 32.4 Å². The molecule has 2 heterocycles. The van der Waals surface area contributed by atoms with Crippen LogP contribution in [0.5, 0.6) is 0 Å². The lowest BCUT2D eigenvalue weighted by Gasteiger charge is -2.31. The van der Waals surface area contributed by atoms with E-state index in [9.17, 15) is 4.79 Å². The largest absolute Gasteiger partial charge is 0.378 e. The molecule has 1 aromatic heterocycles. The minimum absolute atomic E-state index is 0.0623. The van der Waals surface area contributed by atoms with E-state index >= 15 is 0 Å². The van der Waals surface area contributed by atoms with Crippen molar-refractivity contribution >= 4 is 5.91 Å². The number of nitrogens with zero attached hydrogens (tertiary/aromatic N) is 5. The minimum atomic E-state index is 0.0623. The van der Waals surface area contributed by atoms with E-state index < -0.39 is 0 Å². The summed E-state index contributed by atoms with van der Waals surface area (Å²) in [5.74, 6) is 0.0623. The van der Waals surface area contributed by atoms with Gasteiger partial charge in [0.15, 0.2) is 0 Å². The predicted octanol–water partition coefficient (Wildman–Crippen LogP) is -0.299. The molecular weight excluding hydrogens is 222 g/mol. The second-order valence-electron chi connectivity index (χ2n) is 4.04. The molecule has 1 saturated heterocycles. The van der Waals surface area contributed by atoms with Crippen molar-refractivity contribution in [2.24, 2.45) is 0 Å². The number of aromatic nitrogens is 4. The summed E-state index contributed by atoms with van der Waals surface area (Å²) in [6.45, 7) is 4.46. The highest BCUT2D eigenvalue weighted by Gasteiger charge is 2.23. The van der Waals surface area contributed by atoms with Crippen molar-refractivity contribution in [3.63, 3.8) is 0 Å². The highest BCUT2D eigenvalue weighted by atomic mass is 16.5. The number of rotatable bonds is 4. The van der Waals surface area contributed by atoms with Gasteiger partial charge in [0.25, 0.3) is 0 Å². The normalized spacial score (nSPS) is 17.4. The van der Waals surface area contributed by atoms with Crippen molar-refractivity contribution in [3.05, 3.63) is 6.33 Å². The molecule has 2 rings (SSSR count). The van der Waals surface area contributed by atoms with E-state index in [1.807, 2.05) is 11.8 Å². The van der Waals surface area contributed by atoms with Gasteiger partial charge in [-0.3, -0.25) is 4.79 Å². The molecule has 17 heavy (non-hydrogen) atoms. The Hall–Kier alpha value is -1.50. The topological polar surface area (TPSA) is 73.1 Å². The lowest BCUT2D eigenvalue weighted by Crippen LogP contribution is -2.42. The fourth-order valence-electron chi connectivity index (χ4n) is 2.00. The van der Waals surface area contributed by atoms with Gasteiger partial charge >= 0.3 is 0 Å². The van der Waals surface area contributed by atoms with E-state index in [-0.39, 0.29) is 12.5 Å². The molecule has 0 aromatic carbocycles. The van der Waals surface area contributed by atoms with E-state index in [4.69, 9.17) is 4.74 Å². The number of carbonyl (C=O) groups excluding carboxylic acids is 1. The van der Waals surface area contributed by atoms with Crippen LogP contribution in [0, 0.1) is 0 Å². The van der Waals surface area contributed by atoms with Crippen LogP contribution in [0.4, 0.5) is 0 Å². The molecule has 1 aliphatic heterocycles. The van der Waals surface area contributed by atoms with Crippen molar-refractivity contribution in [3.8, 4) is 0 Å². The Bertz CT molecular complexity index is 346. The average Bonchev–Trinajstić information content (AvgIpc) is 2.83. The maximum atomic E-state index is 11.9. The third-order valence-electron chi connectivity index (χ3n) is 2.89. The van der Waals surface area contributed by atoms with Crippen LogP contribution in [0.15, 0.2) is 6.33 Å². The van der Waals surface area contributed by atoms with Crippen LogP contribution < -0.4 is 0 Å². The average molecular weight is 239 g/mol. The molecule has 1 amide bonds. The van der Waals surface area contributed by atoms with Gasteiger partial charge in [0.05, 0.1) is 6.10 Å². The monoisotopic (exact) mass is 239 g/mol. The summed E-state index contributed by atoms with van der Waals surface area (Å²) in [7, 11) is 0. The number of ether oxygens (including phenoxy) is 1. The Labute approximate surface area is 99.7 Å². The van der Waals surface area contributed by atoms with E-state index in [2.05, 4.69) is 15.5 Å². The molecule has 0 spiro atoms. The zero-order valence-electron chi connectivity index (χ0n) is 9.95. The van der Waals surface area contributed by atoms with Crippen molar-refractivity contribution in [2.75, 3.05) is 19.7 Å². The van der Waals surface area contributed by atoms with Crippen LogP contribution in [0.1, 0.15) is 19.8 Å². The fourth-order valence-corrected chi connectivity index (χ4v) is 2.00. The highest BCUT2D eigenvalue weighted by molar-refractivity contribution is 5.75. The molecule has 0 unspecified atom stereocenters. The van der Waals surface area contributed by atoms with Crippen LogP contribution in [0.3, 0.4) is 0 Å². The minimum Gasteiger partial charge on any atom is -0.378 e. The van der Waals surface area contributed by atoms with E-state index in [0.29, 0.717) is 6.10 Å². The van der Waals surface area contributed by atoms with Crippen LogP contribution in [0.2, 0.25) is 0 Å². The molecule has 1 aromatic rings. The Kier molecular flexibility index (Phi) is 4.03. The standard InChI is InChI=1S/C10H17N5O2/c1-2-17-9-3-5-14(6-4-9)10(16)7-15-8-11-12-13-15/h8-9H,2-7H2,1H3. The maximum absolute atomic E-state index is 11.9. The summed E-state index contributed by atoms with van der Waals surface area (Å²) in [5, 5.41) is 10.7. The van der Waals surface area contributed by atoms with Crippen LogP contribution in [-0.4, -0.2) is 56.8 Å². The van der Waals surface area contributed by atoms with Crippen LogP contribution in [0.25, 0.3) is 0 Å². The first-order chi connectivity index (χ1) is 8.29. The molecule has 0 aliphatic carbocycles. The number of piperidine rings is 1. The van der Waals surface area contributed by atoms with E-state index in [1.54, 1.807) is 0 Å². The zero-order chi connectivity index (χ0) is 12.1. The highest BCUT2D eigenvalue weighted by Crippen LogP contribution is 2.13. The SMILES string of the molecule is CCOC1CCN(C(=O)Cn2cnnn2)CC1. The Morgan fingerprint density at radius 3 is 2.82 bits per heavy atom. The van der Waals surface area contributed by atoms with Gasteiger partial charge in [0.1, 0.15) is 12.9 Å². The Morgan fingerprint density at radius 1 is 1.47 bits per heavy atom. The molecule has 0 N–H and O–H groups in total. The Balaban J connectivity index is 1.78. The van der Waals surface area contributed by atoms with Gasteiger partial charge in [-0.15, -0.1) is 5.10 Å². The molecule has 7 nitrogen and oxygen atoms in total. The van der Waals surface area contributed by atoms with Gasteiger partial charge in [-0.2, -0.15) is 0 Å². The first-order valence-corrected chi connectivity index (χ1v) is 5.89. The van der Waals surface area contributed by atoms with Gasteiger partial charge in [0, 0.05) is 19.7 Å². The molecule has 1 fully saturated rings. The molecular formula is C10H17N5O2. The van der Waals surface area contributed by atoms with Crippen molar-refractivity contribution in [1.29, 1.82) is 0 Å². The lowest BCUT2D eigenvalue weighted by molar-refractivity contribution is -0.134. The summed E-state index contributed by atoms with van der Waals surface area (Å²) in [6.07, 6.45) is 3.58. The molecule has 1 aliphatic rings. The van der Waals surface area contributed by atoms with Crippen molar-refractivity contribution < 1.29 is 9.53 Å². The Morgan fingerprint density at radius 2 is 2.24 bits per heavy atom. The van der Waals surface area contributed by atoms with Crippen LogP contribution >= 0.6 is 0 Å². The van der Waals surface area contributed by atoms with Gasteiger partial charge in [-0.25, -0.2) is 4.68 Å². The molecule has 0 saturated carbocycles. The summed E-state index contributed by atoms with van der Waals surface area (Å²) in [6, 6.07) is 0. The van der Waals surface area contributed by atoms with Gasteiger partial charge in [-0.1, -0.05) is 0 Å². The molecule has 94 valence electrons. The summed E-state index contributed by atoms with van der Waals surface area (Å²) in [4.78, 5) is 13.7. The molecule has 0 radical (unpaired) electrons. The summed E-state index contributed by atoms with van der Waals surface area (Å²) >= 11 is 0. The quantitative estimate of drug-likeness (QED) is 0.721. The van der Waals surface area contributed by atoms with E-state index in [1.165, 1.54) is 11.0 Å². The summed E-state index contributed by atoms with van der Waals surface area (Å²) < 4.78 is 6.98. The lowest BCUT2D eigenvalue weighted by atomic mass is 10.1. The van der Waals surface area contributed by atoms with Gasteiger partial charge < -0.3 is 9.64 Å². The first-order valence-electron chi connectivity index (χ1n) is 5.89. The van der Waals surface area contributed by atoms with E-state index in [0.717, 1.165) is 32.5 Å². The van der Waals surface area contributed by atoms with Gasteiger partial charge in [0.2, 0.25) is 5.91 Å². The number of hydrogen-bond donors (Lipinski definition) is 0. The molecule has 7 heteroatoms. The van der Waals surface area contributed by atoms with Crippen molar-refractivity contribution in [1.82, 2.24) is 25.1 Å². The third kappa shape index (κ3) is 3.23. The van der Waals surface area contributed by atoms with Crippen LogP contribution in [-0.2, 0) is 16.1 Å². The summed E-state index contributed by atoms with van der Waals surface area (Å²) in [5.41, 5.74) is 0. The maximum Gasteiger partial charge on any atom is 0.244 e. The second kappa shape index (κ2) is 5.72. The second-order valence-corrected chi connectivity index (χ2v) is 4.04. The third-order valence-corrected chi connectivity index (χ3v) is 2.89. The zero-order valence-corrected chi connectivity index (χ0v) is 9.95. The predicted molar refractivity (Wildman–Crippen MR) is 59.0 cm³/mol. The number of carbonyl (C=O) groups is 1. The molecule has 0 bridgehead atoms. The number of tetrazole rings is 1. The first kappa shape index (κ1) is 12.0. The number of amides is 1. The molecule has 0 atom stereocenters.